The topological polar surface area (TPSA) is 20.3 Å². The average molecular weight is 169 g/mol. The zero-order valence-electron chi connectivity index (χ0n) is 8.34. The largest absolute Gasteiger partial charge is 0.340 e. The Morgan fingerprint density at radius 2 is 2.17 bits per heavy atom. The first-order valence-corrected chi connectivity index (χ1v) is 5.00. The minimum absolute atomic E-state index is 0.350. The van der Waals surface area contributed by atoms with Crippen molar-refractivity contribution >= 4 is 5.91 Å². The molecule has 70 valence electrons. The quantitative estimate of drug-likeness (QED) is 0.633. The van der Waals surface area contributed by atoms with Crippen molar-refractivity contribution in [2.45, 2.75) is 46.1 Å². The Kier molecular flexibility index (Phi) is 3.12. The molecule has 1 heterocycles. The van der Waals surface area contributed by atoms with Crippen LogP contribution in [0.3, 0.4) is 0 Å². The minimum Gasteiger partial charge on any atom is -0.340 e. The second kappa shape index (κ2) is 3.92. The van der Waals surface area contributed by atoms with Crippen LogP contribution in [0.2, 0.25) is 0 Å². The van der Waals surface area contributed by atoms with Gasteiger partial charge in [0.15, 0.2) is 0 Å². The molecular weight excluding hydrogens is 150 g/mol. The zero-order valence-corrected chi connectivity index (χ0v) is 8.34. The molecule has 0 bridgehead atoms. The number of hydrogen-bond donors (Lipinski definition) is 0. The van der Waals surface area contributed by atoms with E-state index in [-0.39, 0.29) is 0 Å². The van der Waals surface area contributed by atoms with Crippen molar-refractivity contribution in [2.75, 3.05) is 6.54 Å². The number of hydrogen-bond acceptors (Lipinski definition) is 1. The summed E-state index contributed by atoms with van der Waals surface area (Å²) in [4.78, 5) is 13.5. The van der Waals surface area contributed by atoms with Gasteiger partial charge in [0.25, 0.3) is 0 Å². The van der Waals surface area contributed by atoms with Gasteiger partial charge in [-0.2, -0.15) is 0 Å². The van der Waals surface area contributed by atoms with Gasteiger partial charge in [-0.25, -0.2) is 0 Å². The molecular formula is C10H19NO. The predicted octanol–water partition coefficient (Wildman–Crippen LogP) is 2.04. The van der Waals surface area contributed by atoms with E-state index in [0.29, 0.717) is 17.9 Å². The first-order valence-electron chi connectivity index (χ1n) is 5.00. The molecule has 1 amide bonds. The van der Waals surface area contributed by atoms with E-state index in [2.05, 4.69) is 20.8 Å². The van der Waals surface area contributed by atoms with Crippen LogP contribution in [0, 0.1) is 5.92 Å². The van der Waals surface area contributed by atoms with E-state index in [0.717, 1.165) is 13.0 Å². The lowest BCUT2D eigenvalue weighted by Gasteiger charge is -2.25. The van der Waals surface area contributed by atoms with E-state index in [1.165, 1.54) is 12.8 Å². The molecule has 0 aromatic carbocycles. The van der Waals surface area contributed by atoms with Crippen molar-refractivity contribution in [1.29, 1.82) is 0 Å². The van der Waals surface area contributed by atoms with Crippen molar-refractivity contribution in [3.8, 4) is 0 Å². The molecule has 0 radical (unpaired) electrons. The van der Waals surface area contributed by atoms with Crippen LogP contribution >= 0.6 is 0 Å². The number of nitrogens with zero attached hydrogens (tertiary/aromatic N) is 1. The SMILES string of the molecule is CCCC1C(C)CC(=O)N1CC. The number of carbonyl (C=O) groups excluding carboxylic acids is 1. The molecule has 0 saturated carbocycles. The lowest BCUT2D eigenvalue weighted by molar-refractivity contribution is -0.128. The molecule has 2 unspecified atom stereocenters. The van der Waals surface area contributed by atoms with E-state index in [1.807, 2.05) is 4.90 Å². The molecule has 12 heavy (non-hydrogen) atoms. The van der Waals surface area contributed by atoms with Crippen LogP contribution in [0.5, 0.6) is 0 Å². The number of carbonyl (C=O) groups is 1. The number of amides is 1. The van der Waals surface area contributed by atoms with Crippen LogP contribution in [-0.4, -0.2) is 23.4 Å². The Balaban J connectivity index is 2.61. The monoisotopic (exact) mass is 169 g/mol. The summed E-state index contributed by atoms with van der Waals surface area (Å²) in [5.41, 5.74) is 0. The first kappa shape index (κ1) is 9.56. The van der Waals surface area contributed by atoms with Gasteiger partial charge in [0.1, 0.15) is 0 Å². The summed E-state index contributed by atoms with van der Waals surface area (Å²) in [6.07, 6.45) is 3.11. The molecule has 0 aliphatic carbocycles. The summed E-state index contributed by atoms with van der Waals surface area (Å²) in [5, 5.41) is 0. The Hall–Kier alpha value is -0.530. The molecule has 1 aliphatic heterocycles. The van der Waals surface area contributed by atoms with Crippen LogP contribution in [0.4, 0.5) is 0 Å². The normalized spacial score (nSPS) is 29.9. The van der Waals surface area contributed by atoms with Gasteiger partial charge >= 0.3 is 0 Å². The maximum Gasteiger partial charge on any atom is 0.223 e. The summed E-state index contributed by atoms with van der Waals surface area (Å²) in [7, 11) is 0. The highest BCUT2D eigenvalue weighted by Crippen LogP contribution is 2.27. The van der Waals surface area contributed by atoms with Gasteiger partial charge in [-0.1, -0.05) is 20.3 Å². The van der Waals surface area contributed by atoms with Gasteiger partial charge in [-0.15, -0.1) is 0 Å². The van der Waals surface area contributed by atoms with Crippen molar-refractivity contribution in [2.24, 2.45) is 5.92 Å². The highest BCUT2D eigenvalue weighted by Gasteiger charge is 2.34. The molecule has 1 saturated heterocycles. The number of likely N-dealkylation sites (tertiary alicyclic amines) is 1. The molecule has 1 rings (SSSR count). The molecule has 1 fully saturated rings. The molecule has 0 spiro atoms. The molecule has 1 aliphatic rings. The first-order chi connectivity index (χ1) is 5.70. The van der Waals surface area contributed by atoms with Gasteiger partial charge in [-0.05, 0) is 19.3 Å². The van der Waals surface area contributed by atoms with Gasteiger partial charge in [-0.3, -0.25) is 4.79 Å². The summed E-state index contributed by atoms with van der Waals surface area (Å²) in [6, 6.07) is 0.521. The van der Waals surface area contributed by atoms with Gasteiger partial charge < -0.3 is 4.90 Å². The van der Waals surface area contributed by atoms with Gasteiger partial charge in [0, 0.05) is 19.0 Å². The van der Waals surface area contributed by atoms with Gasteiger partial charge in [0.2, 0.25) is 5.91 Å². The van der Waals surface area contributed by atoms with Crippen LogP contribution in [0.15, 0.2) is 0 Å². The third kappa shape index (κ3) is 1.62. The van der Waals surface area contributed by atoms with Crippen molar-refractivity contribution in [3.05, 3.63) is 0 Å². The lowest BCUT2D eigenvalue weighted by atomic mass is 9.99. The second-order valence-corrected chi connectivity index (χ2v) is 3.72. The standard InChI is InChI=1S/C10H19NO/c1-4-6-9-8(3)7-10(12)11(9)5-2/h8-9H,4-7H2,1-3H3. The smallest absolute Gasteiger partial charge is 0.223 e. The average Bonchev–Trinajstić information content (AvgIpc) is 2.28. The van der Waals surface area contributed by atoms with Crippen molar-refractivity contribution in [3.63, 3.8) is 0 Å². The predicted molar refractivity (Wildman–Crippen MR) is 49.9 cm³/mol. The third-order valence-electron chi connectivity index (χ3n) is 2.80. The molecule has 0 N–H and O–H groups in total. The molecule has 0 aromatic heterocycles. The van der Waals surface area contributed by atoms with E-state index < -0.39 is 0 Å². The summed E-state index contributed by atoms with van der Waals surface area (Å²) in [6.45, 7) is 7.32. The van der Waals surface area contributed by atoms with Crippen LogP contribution < -0.4 is 0 Å². The Labute approximate surface area is 74.9 Å². The van der Waals surface area contributed by atoms with Crippen LogP contribution in [0.25, 0.3) is 0 Å². The van der Waals surface area contributed by atoms with E-state index in [1.54, 1.807) is 0 Å². The lowest BCUT2D eigenvalue weighted by Crippen LogP contribution is -2.34. The Morgan fingerprint density at radius 3 is 2.67 bits per heavy atom. The molecule has 2 heteroatoms. The van der Waals surface area contributed by atoms with Crippen LogP contribution in [-0.2, 0) is 4.79 Å². The highest BCUT2D eigenvalue weighted by molar-refractivity contribution is 5.79. The van der Waals surface area contributed by atoms with Crippen LogP contribution in [0.1, 0.15) is 40.0 Å². The molecule has 0 aromatic rings. The Morgan fingerprint density at radius 1 is 1.50 bits per heavy atom. The van der Waals surface area contributed by atoms with Crippen molar-refractivity contribution in [1.82, 2.24) is 4.90 Å². The summed E-state index contributed by atoms with van der Waals surface area (Å²) < 4.78 is 0. The minimum atomic E-state index is 0.350. The maximum absolute atomic E-state index is 11.4. The summed E-state index contributed by atoms with van der Waals surface area (Å²) >= 11 is 0. The molecule has 2 nitrogen and oxygen atoms in total. The fourth-order valence-corrected chi connectivity index (χ4v) is 2.17. The Bertz CT molecular complexity index is 167. The fraction of sp³-hybridized carbons (Fsp3) is 0.900. The van der Waals surface area contributed by atoms with E-state index in [4.69, 9.17) is 0 Å². The number of rotatable bonds is 3. The van der Waals surface area contributed by atoms with E-state index in [9.17, 15) is 4.79 Å². The van der Waals surface area contributed by atoms with E-state index >= 15 is 0 Å². The molecule has 2 atom stereocenters. The fourth-order valence-electron chi connectivity index (χ4n) is 2.17. The zero-order chi connectivity index (χ0) is 9.14. The third-order valence-corrected chi connectivity index (χ3v) is 2.80. The van der Waals surface area contributed by atoms with Gasteiger partial charge in [0.05, 0.1) is 0 Å². The highest BCUT2D eigenvalue weighted by atomic mass is 16.2. The summed E-state index contributed by atoms with van der Waals surface area (Å²) in [5.74, 6) is 0.917. The maximum atomic E-state index is 11.4. The van der Waals surface area contributed by atoms with Crippen molar-refractivity contribution < 1.29 is 4.79 Å². The second-order valence-electron chi connectivity index (χ2n) is 3.72.